The molecule has 0 amide bonds. The molecule has 52 valence electrons. The third-order valence-electron chi connectivity index (χ3n) is 2.03. The summed E-state index contributed by atoms with van der Waals surface area (Å²) < 4.78 is 0. The van der Waals surface area contributed by atoms with Gasteiger partial charge in [-0.1, -0.05) is 6.08 Å². The molecule has 1 nitrogen and oxygen atoms in total. The molecule has 0 aromatic carbocycles. The van der Waals surface area contributed by atoms with Crippen LogP contribution in [-0.2, 0) is 0 Å². The Morgan fingerprint density at radius 1 is 1.50 bits per heavy atom. The van der Waals surface area contributed by atoms with Crippen LogP contribution in [0.5, 0.6) is 0 Å². The molecule has 1 aliphatic heterocycles. The van der Waals surface area contributed by atoms with Crippen LogP contribution >= 0.6 is 0 Å². The Labute approximate surface area is 61.2 Å². The van der Waals surface area contributed by atoms with Crippen molar-refractivity contribution in [1.82, 2.24) is 0 Å². The predicted octanol–water partition coefficient (Wildman–Crippen LogP) is 2.46. The lowest BCUT2D eigenvalue weighted by molar-refractivity contribution is 0.929. The van der Waals surface area contributed by atoms with Crippen LogP contribution in [0.3, 0.4) is 0 Å². The molecule has 0 aromatic rings. The quantitative estimate of drug-likeness (QED) is 0.481. The van der Waals surface area contributed by atoms with E-state index in [0.29, 0.717) is 0 Å². The van der Waals surface area contributed by atoms with Crippen molar-refractivity contribution in [3.63, 3.8) is 0 Å². The van der Waals surface area contributed by atoms with E-state index in [4.69, 9.17) is 0 Å². The number of nitrogens with zero attached hydrogens (tertiary/aromatic N) is 1. The van der Waals surface area contributed by atoms with Crippen LogP contribution in [0, 0.1) is 0 Å². The van der Waals surface area contributed by atoms with Crippen molar-refractivity contribution >= 4 is 5.71 Å². The predicted molar refractivity (Wildman–Crippen MR) is 43.1 cm³/mol. The Morgan fingerprint density at radius 3 is 3.20 bits per heavy atom. The van der Waals surface area contributed by atoms with Gasteiger partial charge >= 0.3 is 0 Å². The van der Waals surface area contributed by atoms with Crippen LogP contribution < -0.4 is 0 Å². The van der Waals surface area contributed by atoms with Crippen molar-refractivity contribution in [2.45, 2.75) is 26.2 Å². The van der Waals surface area contributed by atoms with Crippen LogP contribution in [0.15, 0.2) is 28.4 Å². The highest BCUT2D eigenvalue weighted by Crippen LogP contribution is 2.28. The third kappa shape index (κ3) is 0.821. The van der Waals surface area contributed by atoms with Gasteiger partial charge < -0.3 is 0 Å². The molecule has 1 aliphatic carbocycles. The molecule has 0 fully saturated rings. The van der Waals surface area contributed by atoms with E-state index in [1.54, 1.807) is 5.57 Å². The molecule has 1 heterocycles. The molecule has 0 radical (unpaired) electrons. The third-order valence-corrected chi connectivity index (χ3v) is 2.03. The Morgan fingerprint density at radius 2 is 2.40 bits per heavy atom. The Bertz CT molecular complexity index is 243. The van der Waals surface area contributed by atoms with E-state index in [1.807, 2.05) is 0 Å². The molecule has 1 heteroatoms. The standard InChI is InChI=1S/C9H11N/c1-7-6-8-4-2-3-5-9(8)10-7/h3,5H,2,4,6H2,1H3. The summed E-state index contributed by atoms with van der Waals surface area (Å²) in [6, 6.07) is 0. The van der Waals surface area contributed by atoms with Gasteiger partial charge in [-0.25, -0.2) is 0 Å². The highest BCUT2D eigenvalue weighted by atomic mass is 14.8. The molecule has 0 N–H and O–H groups in total. The van der Waals surface area contributed by atoms with Gasteiger partial charge in [0, 0.05) is 12.1 Å². The highest BCUT2D eigenvalue weighted by Gasteiger charge is 2.14. The van der Waals surface area contributed by atoms with Gasteiger partial charge in [0.1, 0.15) is 0 Å². The van der Waals surface area contributed by atoms with Gasteiger partial charge in [-0.3, -0.25) is 4.99 Å². The molecule has 0 spiro atoms. The number of aliphatic imine (C=N–C) groups is 1. The summed E-state index contributed by atoms with van der Waals surface area (Å²) in [5, 5.41) is 0. The van der Waals surface area contributed by atoms with Crippen LogP contribution in [0.1, 0.15) is 26.2 Å². The largest absolute Gasteiger partial charge is 0.258 e. The van der Waals surface area contributed by atoms with Crippen molar-refractivity contribution < 1.29 is 0 Å². The Balaban J connectivity index is 2.31. The second-order valence-corrected chi connectivity index (χ2v) is 2.95. The van der Waals surface area contributed by atoms with Gasteiger partial charge in [0.05, 0.1) is 5.70 Å². The van der Waals surface area contributed by atoms with Crippen molar-refractivity contribution in [2.75, 3.05) is 0 Å². The van der Waals surface area contributed by atoms with Gasteiger partial charge in [0.2, 0.25) is 0 Å². The van der Waals surface area contributed by atoms with Crippen molar-refractivity contribution in [2.24, 2.45) is 4.99 Å². The number of hydrogen-bond donors (Lipinski definition) is 0. The SMILES string of the molecule is CC1=NC2=C(CCC=C2)C1. The lowest BCUT2D eigenvalue weighted by Gasteiger charge is -2.04. The topological polar surface area (TPSA) is 12.4 Å². The van der Waals surface area contributed by atoms with Crippen LogP contribution in [0.2, 0.25) is 0 Å². The summed E-state index contributed by atoms with van der Waals surface area (Å²) in [5.74, 6) is 0. The zero-order chi connectivity index (χ0) is 6.97. The summed E-state index contributed by atoms with van der Waals surface area (Å²) >= 11 is 0. The Hall–Kier alpha value is -0.850. The maximum atomic E-state index is 4.42. The van der Waals surface area contributed by atoms with Gasteiger partial charge in [-0.15, -0.1) is 0 Å². The molecule has 0 saturated carbocycles. The van der Waals surface area contributed by atoms with E-state index in [2.05, 4.69) is 24.1 Å². The molecule has 2 rings (SSSR count). The summed E-state index contributed by atoms with van der Waals surface area (Å²) in [5.41, 5.74) is 4.06. The van der Waals surface area contributed by atoms with Crippen molar-refractivity contribution in [3.05, 3.63) is 23.4 Å². The fourth-order valence-corrected chi connectivity index (χ4v) is 1.55. The molecule has 10 heavy (non-hydrogen) atoms. The minimum Gasteiger partial charge on any atom is -0.258 e. The Kier molecular flexibility index (Phi) is 1.23. The zero-order valence-electron chi connectivity index (χ0n) is 6.22. The van der Waals surface area contributed by atoms with Crippen LogP contribution in [-0.4, -0.2) is 5.71 Å². The highest BCUT2D eigenvalue weighted by molar-refractivity contribution is 5.88. The number of hydrogen-bond acceptors (Lipinski definition) is 1. The van der Waals surface area contributed by atoms with E-state index in [1.165, 1.54) is 24.3 Å². The molecular weight excluding hydrogens is 122 g/mol. The van der Waals surface area contributed by atoms with E-state index in [0.717, 1.165) is 6.42 Å². The second-order valence-electron chi connectivity index (χ2n) is 2.95. The first-order chi connectivity index (χ1) is 4.86. The first-order valence-corrected chi connectivity index (χ1v) is 3.79. The van der Waals surface area contributed by atoms with Gasteiger partial charge in [-0.05, 0) is 31.4 Å². The molecule has 0 aromatic heterocycles. The van der Waals surface area contributed by atoms with E-state index in [9.17, 15) is 0 Å². The fourth-order valence-electron chi connectivity index (χ4n) is 1.55. The first kappa shape index (κ1) is 5.90. The average molecular weight is 133 g/mol. The normalized spacial score (nSPS) is 23.1. The minimum absolute atomic E-state index is 1.12. The van der Waals surface area contributed by atoms with Crippen LogP contribution in [0.4, 0.5) is 0 Å². The lowest BCUT2D eigenvalue weighted by Crippen LogP contribution is -1.89. The summed E-state index contributed by atoms with van der Waals surface area (Å²) in [4.78, 5) is 4.42. The number of rotatable bonds is 0. The zero-order valence-corrected chi connectivity index (χ0v) is 6.22. The molecule has 0 saturated heterocycles. The smallest absolute Gasteiger partial charge is 0.0621 e. The second kappa shape index (κ2) is 2.08. The van der Waals surface area contributed by atoms with Gasteiger partial charge in [-0.2, -0.15) is 0 Å². The van der Waals surface area contributed by atoms with Crippen LogP contribution in [0.25, 0.3) is 0 Å². The first-order valence-electron chi connectivity index (χ1n) is 3.79. The summed E-state index contributed by atoms with van der Waals surface area (Å²) in [7, 11) is 0. The monoisotopic (exact) mass is 133 g/mol. The molecule has 0 bridgehead atoms. The average Bonchev–Trinajstić information content (AvgIpc) is 2.27. The van der Waals surface area contributed by atoms with E-state index < -0.39 is 0 Å². The van der Waals surface area contributed by atoms with Crippen molar-refractivity contribution in [1.29, 1.82) is 0 Å². The van der Waals surface area contributed by atoms with Gasteiger partial charge in [0.15, 0.2) is 0 Å². The minimum atomic E-state index is 1.12. The molecular formula is C9H11N. The summed E-state index contributed by atoms with van der Waals surface area (Å²) in [6.07, 6.45) is 7.92. The molecule has 2 aliphatic rings. The molecule has 0 unspecified atom stereocenters. The lowest BCUT2D eigenvalue weighted by atomic mass is 10.0. The molecule has 0 atom stereocenters. The maximum absolute atomic E-state index is 4.42. The van der Waals surface area contributed by atoms with Crippen molar-refractivity contribution in [3.8, 4) is 0 Å². The fraction of sp³-hybridized carbons (Fsp3) is 0.444. The van der Waals surface area contributed by atoms with E-state index >= 15 is 0 Å². The maximum Gasteiger partial charge on any atom is 0.0621 e. The van der Waals surface area contributed by atoms with E-state index in [-0.39, 0.29) is 0 Å². The summed E-state index contributed by atoms with van der Waals surface area (Å²) in [6.45, 7) is 2.10. The number of allylic oxidation sites excluding steroid dienone is 3. The van der Waals surface area contributed by atoms with Gasteiger partial charge in [0.25, 0.3) is 0 Å².